The van der Waals surface area contributed by atoms with Gasteiger partial charge in [-0.05, 0) is 43.9 Å². The second-order valence-corrected chi connectivity index (χ2v) is 8.20. The summed E-state index contributed by atoms with van der Waals surface area (Å²) >= 11 is 0. The van der Waals surface area contributed by atoms with E-state index in [1.807, 2.05) is 0 Å². The maximum atomic E-state index is 6.40. The lowest BCUT2D eigenvalue weighted by atomic mass is 10.1. The molecule has 0 radical (unpaired) electrons. The van der Waals surface area contributed by atoms with Gasteiger partial charge in [0.25, 0.3) is 0 Å². The fourth-order valence-electron chi connectivity index (χ4n) is 4.60. The molecule has 0 atom stereocenters. The summed E-state index contributed by atoms with van der Waals surface area (Å²) in [5.74, 6) is 3.34. The van der Waals surface area contributed by atoms with Crippen LogP contribution in [-0.2, 0) is 26.6 Å². The van der Waals surface area contributed by atoms with Gasteiger partial charge < -0.3 is 13.9 Å². The van der Waals surface area contributed by atoms with Crippen molar-refractivity contribution in [3.63, 3.8) is 0 Å². The first-order valence-corrected chi connectivity index (χ1v) is 10.6. The largest absolute Gasteiger partial charge is 0.490 e. The summed E-state index contributed by atoms with van der Waals surface area (Å²) in [6, 6.07) is 8.48. The molecular formula is C22H29N5O. The number of hydrogen-bond acceptors (Lipinski definition) is 4. The fraction of sp³-hybridized carbons (Fsp3) is 0.545. The summed E-state index contributed by atoms with van der Waals surface area (Å²) in [4.78, 5) is 2.51. The molecule has 6 nitrogen and oxygen atoms in total. The van der Waals surface area contributed by atoms with Crippen LogP contribution in [0.4, 0.5) is 0 Å². The van der Waals surface area contributed by atoms with Crippen molar-refractivity contribution in [3.8, 4) is 5.75 Å². The van der Waals surface area contributed by atoms with Gasteiger partial charge in [0.2, 0.25) is 0 Å². The Morgan fingerprint density at radius 2 is 1.93 bits per heavy atom. The third-order valence-corrected chi connectivity index (χ3v) is 6.27. The van der Waals surface area contributed by atoms with Crippen LogP contribution < -0.4 is 4.74 Å². The molecule has 0 bridgehead atoms. The minimum absolute atomic E-state index is 0.289. The lowest BCUT2D eigenvalue weighted by Crippen LogP contribution is -2.38. The zero-order chi connectivity index (χ0) is 18.9. The van der Waals surface area contributed by atoms with Crippen LogP contribution in [0.5, 0.6) is 5.75 Å². The molecule has 6 heteroatoms. The Morgan fingerprint density at radius 1 is 1.04 bits per heavy atom. The Balaban J connectivity index is 1.20. The summed E-state index contributed by atoms with van der Waals surface area (Å²) in [5, 5.41) is 10.1. The molecule has 3 aromatic rings. The molecule has 0 spiro atoms. The van der Waals surface area contributed by atoms with E-state index >= 15 is 0 Å². The average molecular weight is 380 g/mol. The van der Waals surface area contributed by atoms with Gasteiger partial charge in [0.05, 0.1) is 12.1 Å². The predicted molar refractivity (Wildman–Crippen MR) is 109 cm³/mol. The predicted octanol–water partition coefficient (Wildman–Crippen LogP) is 3.54. The normalized spacial score (nSPS) is 18.9. The summed E-state index contributed by atoms with van der Waals surface area (Å²) in [5.41, 5.74) is 1.22. The van der Waals surface area contributed by atoms with Gasteiger partial charge in [0, 0.05) is 44.7 Å². The molecule has 2 aliphatic heterocycles. The van der Waals surface area contributed by atoms with Crippen LogP contribution in [0.2, 0.25) is 0 Å². The Morgan fingerprint density at radius 3 is 2.82 bits per heavy atom. The number of likely N-dealkylation sites (tertiary alicyclic amines) is 1. The second kappa shape index (κ2) is 7.59. The molecule has 0 unspecified atom stereocenters. The van der Waals surface area contributed by atoms with Gasteiger partial charge in [-0.3, -0.25) is 4.90 Å². The highest BCUT2D eigenvalue weighted by Gasteiger charge is 2.24. The van der Waals surface area contributed by atoms with Crippen molar-refractivity contribution in [2.24, 2.45) is 7.05 Å². The highest BCUT2D eigenvalue weighted by Crippen LogP contribution is 2.29. The molecule has 2 aliphatic rings. The van der Waals surface area contributed by atoms with Gasteiger partial charge in [-0.2, -0.15) is 0 Å². The van der Waals surface area contributed by atoms with Crippen LogP contribution in [0, 0.1) is 0 Å². The molecule has 0 amide bonds. The number of benzene rings is 1. The standard InChI is InChI=1S/C22H29N5O/c1-25-13-11-18-19(25)6-5-7-20(18)28-17-9-14-26(15-10-17)16-22-24-23-21-8-3-2-4-12-27(21)22/h5-7,11,13,17H,2-4,8-10,12,14-16H2,1H3. The maximum Gasteiger partial charge on any atom is 0.147 e. The Bertz CT molecular complexity index is 951. The van der Waals surface area contributed by atoms with Crippen LogP contribution in [0.1, 0.15) is 43.8 Å². The van der Waals surface area contributed by atoms with Crippen molar-refractivity contribution in [3.05, 3.63) is 42.1 Å². The number of aromatic nitrogens is 4. The molecule has 28 heavy (non-hydrogen) atoms. The molecule has 0 aliphatic carbocycles. The van der Waals surface area contributed by atoms with E-state index in [4.69, 9.17) is 4.74 Å². The third-order valence-electron chi connectivity index (χ3n) is 6.27. The fourth-order valence-corrected chi connectivity index (χ4v) is 4.60. The summed E-state index contributed by atoms with van der Waals surface area (Å²) < 4.78 is 10.9. The third kappa shape index (κ3) is 3.41. The van der Waals surface area contributed by atoms with E-state index in [0.717, 1.165) is 57.0 Å². The van der Waals surface area contributed by atoms with Crippen LogP contribution in [0.3, 0.4) is 0 Å². The van der Waals surface area contributed by atoms with Crippen LogP contribution >= 0.6 is 0 Å². The van der Waals surface area contributed by atoms with Gasteiger partial charge in [0.1, 0.15) is 23.5 Å². The van der Waals surface area contributed by atoms with E-state index in [1.165, 1.54) is 36.0 Å². The number of piperidine rings is 1. The SMILES string of the molecule is Cn1ccc2c(OC3CCN(Cc4nnc5n4CCCCC5)CC3)cccc21. The molecule has 5 rings (SSSR count). The van der Waals surface area contributed by atoms with Gasteiger partial charge in [-0.15, -0.1) is 10.2 Å². The first-order chi connectivity index (χ1) is 13.8. The topological polar surface area (TPSA) is 48.1 Å². The van der Waals surface area contributed by atoms with E-state index in [-0.39, 0.29) is 6.10 Å². The zero-order valence-corrected chi connectivity index (χ0v) is 16.7. The highest BCUT2D eigenvalue weighted by atomic mass is 16.5. The van der Waals surface area contributed by atoms with E-state index in [9.17, 15) is 0 Å². The smallest absolute Gasteiger partial charge is 0.147 e. The Hall–Kier alpha value is -2.34. The van der Waals surface area contributed by atoms with Crippen LogP contribution in [-0.4, -0.2) is 43.4 Å². The monoisotopic (exact) mass is 379 g/mol. The number of ether oxygens (including phenoxy) is 1. The summed E-state index contributed by atoms with van der Waals surface area (Å²) in [6.45, 7) is 4.10. The lowest BCUT2D eigenvalue weighted by molar-refractivity contribution is 0.0957. The number of fused-ring (bicyclic) bond motifs is 2. The van der Waals surface area contributed by atoms with Gasteiger partial charge in [0.15, 0.2) is 0 Å². The lowest BCUT2D eigenvalue weighted by Gasteiger charge is -2.32. The number of rotatable bonds is 4. The molecular weight excluding hydrogens is 350 g/mol. The van der Waals surface area contributed by atoms with Gasteiger partial charge in [-0.25, -0.2) is 0 Å². The van der Waals surface area contributed by atoms with E-state index in [0.29, 0.717) is 0 Å². The summed E-state index contributed by atoms with van der Waals surface area (Å²) in [7, 11) is 2.08. The van der Waals surface area contributed by atoms with Crippen molar-refractivity contribution in [1.29, 1.82) is 0 Å². The minimum Gasteiger partial charge on any atom is -0.490 e. The van der Waals surface area contributed by atoms with Crippen molar-refractivity contribution in [1.82, 2.24) is 24.2 Å². The molecule has 1 saturated heterocycles. The van der Waals surface area contributed by atoms with Crippen molar-refractivity contribution < 1.29 is 4.74 Å². The van der Waals surface area contributed by atoms with Crippen molar-refractivity contribution in [2.75, 3.05) is 13.1 Å². The van der Waals surface area contributed by atoms with Crippen LogP contribution in [0.15, 0.2) is 30.5 Å². The van der Waals surface area contributed by atoms with E-state index < -0.39 is 0 Å². The highest BCUT2D eigenvalue weighted by molar-refractivity contribution is 5.86. The average Bonchev–Trinajstić information content (AvgIpc) is 3.19. The van der Waals surface area contributed by atoms with Crippen molar-refractivity contribution in [2.45, 2.75) is 57.7 Å². The Kier molecular flexibility index (Phi) is 4.81. The zero-order valence-electron chi connectivity index (χ0n) is 16.7. The van der Waals surface area contributed by atoms with Crippen LogP contribution in [0.25, 0.3) is 10.9 Å². The first kappa shape index (κ1) is 17.7. The van der Waals surface area contributed by atoms with Gasteiger partial charge >= 0.3 is 0 Å². The number of hydrogen-bond donors (Lipinski definition) is 0. The minimum atomic E-state index is 0.289. The second-order valence-electron chi connectivity index (χ2n) is 8.20. The molecule has 1 aromatic carbocycles. The molecule has 4 heterocycles. The Labute approximate surface area is 166 Å². The maximum absolute atomic E-state index is 6.40. The molecule has 0 saturated carbocycles. The molecule has 1 fully saturated rings. The summed E-state index contributed by atoms with van der Waals surface area (Å²) in [6.07, 6.45) is 9.38. The van der Waals surface area contributed by atoms with E-state index in [1.54, 1.807) is 0 Å². The molecule has 148 valence electrons. The van der Waals surface area contributed by atoms with Gasteiger partial charge in [-0.1, -0.05) is 12.5 Å². The first-order valence-electron chi connectivity index (χ1n) is 10.6. The molecule has 2 aromatic heterocycles. The number of aryl methyl sites for hydroxylation is 2. The molecule has 0 N–H and O–H groups in total. The quantitative estimate of drug-likeness (QED) is 0.696. The number of nitrogens with zero attached hydrogens (tertiary/aromatic N) is 5. The van der Waals surface area contributed by atoms with Crippen molar-refractivity contribution >= 4 is 10.9 Å². The van der Waals surface area contributed by atoms with E-state index in [2.05, 4.69) is 61.7 Å².